The molecule has 0 radical (unpaired) electrons. The average molecular weight is 263 g/mol. The Labute approximate surface area is 116 Å². The van der Waals surface area contributed by atoms with Crippen LogP contribution in [0.15, 0.2) is 12.1 Å². The molecule has 0 aliphatic carbocycles. The van der Waals surface area contributed by atoms with Gasteiger partial charge in [-0.3, -0.25) is 0 Å². The molecule has 0 amide bonds. The van der Waals surface area contributed by atoms with Gasteiger partial charge in [0.25, 0.3) is 0 Å². The predicted octanol–water partition coefficient (Wildman–Crippen LogP) is 4.02. The van der Waals surface area contributed by atoms with Crippen LogP contribution in [0.5, 0.6) is 0 Å². The Morgan fingerprint density at radius 1 is 1.22 bits per heavy atom. The van der Waals surface area contributed by atoms with Gasteiger partial charge in [-0.05, 0) is 73.4 Å². The third-order valence-corrected chi connectivity index (χ3v) is 5.27. The lowest BCUT2D eigenvalue weighted by Crippen LogP contribution is -2.29. The summed E-state index contributed by atoms with van der Waals surface area (Å²) in [5.74, 6) is 3.44. The zero-order valence-corrected chi connectivity index (χ0v) is 12.9. The molecule has 0 saturated carbocycles. The quantitative estimate of drug-likeness (QED) is 0.880. The van der Waals surface area contributed by atoms with Gasteiger partial charge < -0.3 is 5.32 Å². The van der Waals surface area contributed by atoms with Crippen molar-refractivity contribution < 1.29 is 0 Å². The summed E-state index contributed by atoms with van der Waals surface area (Å²) in [6.45, 7) is 9.96. The van der Waals surface area contributed by atoms with Crippen molar-refractivity contribution in [3.63, 3.8) is 0 Å². The van der Waals surface area contributed by atoms with Crippen molar-refractivity contribution in [2.24, 2.45) is 5.92 Å². The Kier molecular flexibility index (Phi) is 4.74. The minimum atomic E-state index is 0.546. The topological polar surface area (TPSA) is 12.0 Å². The summed E-state index contributed by atoms with van der Waals surface area (Å²) >= 11 is 2.10. The van der Waals surface area contributed by atoms with Crippen molar-refractivity contribution in [3.8, 4) is 0 Å². The van der Waals surface area contributed by atoms with E-state index in [0.717, 1.165) is 12.5 Å². The molecule has 1 heterocycles. The zero-order valence-electron chi connectivity index (χ0n) is 12.0. The zero-order chi connectivity index (χ0) is 13.1. The van der Waals surface area contributed by atoms with Gasteiger partial charge >= 0.3 is 0 Å². The van der Waals surface area contributed by atoms with E-state index < -0.39 is 0 Å². The summed E-state index contributed by atoms with van der Waals surface area (Å²) in [7, 11) is 0. The van der Waals surface area contributed by atoms with Gasteiger partial charge in [0.05, 0.1) is 0 Å². The molecule has 1 saturated heterocycles. The predicted molar refractivity (Wildman–Crippen MR) is 82.5 cm³/mol. The van der Waals surface area contributed by atoms with Crippen LogP contribution in [0.2, 0.25) is 0 Å². The molecular weight excluding hydrogens is 238 g/mol. The molecule has 1 fully saturated rings. The van der Waals surface area contributed by atoms with Gasteiger partial charge in [-0.1, -0.05) is 19.1 Å². The summed E-state index contributed by atoms with van der Waals surface area (Å²) in [6.07, 6.45) is 1.36. The fourth-order valence-electron chi connectivity index (χ4n) is 2.88. The van der Waals surface area contributed by atoms with E-state index in [2.05, 4.69) is 56.9 Å². The molecule has 1 aromatic carbocycles. The van der Waals surface area contributed by atoms with Crippen molar-refractivity contribution in [2.45, 2.75) is 40.2 Å². The van der Waals surface area contributed by atoms with Gasteiger partial charge in [0, 0.05) is 6.04 Å². The fourth-order valence-corrected chi connectivity index (χ4v) is 4.18. The fraction of sp³-hybridized carbons (Fsp3) is 0.625. The molecule has 0 bridgehead atoms. The second kappa shape index (κ2) is 6.12. The highest BCUT2D eigenvalue weighted by Crippen LogP contribution is 2.36. The second-order valence-electron chi connectivity index (χ2n) is 5.45. The van der Waals surface area contributed by atoms with Gasteiger partial charge in [-0.25, -0.2) is 0 Å². The van der Waals surface area contributed by atoms with Crippen LogP contribution in [0.25, 0.3) is 0 Å². The van der Waals surface area contributed by atoms with E-state index in [-0.39, 0.29) is 0 Å². The van der Waals surface area contributed by atoms with E-state index in [4.69, 9.17) is 0 Å². The minimum absolute atomic E-state index is 0.546. The average Bonchev–Trinajstić information content (AvgIpc) is 2.85. The molecule has 2 heteroatoms. The third kappa shape index (κ3) is 2.92. The van der Waals surface area contributed by atoms with Crippen molar-refractivity contribution in [2.75, 3.05) is 18.1 Å². The van der Waals surface area contributed by atoms with Gasteiger partial charge in [0.1, 0.15) is 0 Å². The van der Waals surface area contributed by atoms with Gasteiger partial charge in [0.15, 0.2) is 0 Å². The van der Waals surface area contributed by atoms with Gasteiger partial charge in [0.2, 0.25) is 0 Å². The summed E-state index contributed by atoms with van der Waals surface area (Å²) in [5, 5.41) is 3.72. The molecule has 1 aliphatic heterocycles. The summed E-state index contributed by atoms with van der Waals surface area (Å²) in [6, 6.07) is 5.29. The van der Waals surface area contributed by atoms with Crippen LogP contribution >= 0.6 is 11.8 Å². The molecule has 2 atom stereocenters. The van der Waals surface area contributed by atoms with Gasteiger partial charge in [-0.15, -0.1) is 0 Å². The maximum absolute atomic E-state index is 3.72. The van der Waals surface area contributed by atoms with E-state index in [9.17, 15) is 0 Å². The number of aryl methyl sites for hydroxylation is 3. The number of hydrogen-bond donors (Lipinski definition) is 1. The molecule has 0 aromatic heterocycles. The first-order chi connectivity index (χ1) is 8.63. The maximum Gasteiger partial charge on any atom is 0.0359 e. The van der Waals surface area contributed by atoms with Crippen molar-refractivity contribution in [1.82, 2.24) is 5.32 Å². The van der Waals surface area contributed by atoms with E-state index in [1.807, 2.05) is 0 Å². The lowest BCUT2D eigenvalue weighted by Gasteiger charge is -2.26. The standard InChI is InChI=1S/C16H25NS/c1-5-17-16(14-6-7-18-10-14)15-9-12(3)11(2)8-13(15)4/h8-9,14,16-17H,5-7,10H2,1-4H3. The molecule has 0 spiro atoms. The summed E-state index contributed by atoms with van der Waals surface area (Å²) in [5.41, 5.74) is 5.80. The Morgan fingerprint density at radius 3 is 2.56 bits per heavy atom. The van der Waals surface area contributed by atoms with E-state index in [1.165, 1.54) is 40.2 Å². The smallest absolute Gasteiger partial charge is 0.0359 e. The van der Waals surface area contributed by atoms with Crippen LogP contribution in [0, 0.1) is 26.7 Å². The molecule has 2 unspecified atom stereocenters. The summed E-state index contributed by atoms with van der Waals surface area (Å²) in [4.78, 5) is 0. The van der Waals surface area contributed by atoms with Gasteiger partial charge in [-0.2, -0.15) is 11.8 Å². The van der Waals surface area contributed by atoms with Crippen LogP contribution in [0.3, 0.4) is 0 Å². The van der Waals surface area contributed by atoms with Crippen LogP contribution in [-0.4, -0.2) is 18.1 Å². The minimum Gasteiger partial charge on any atom is -0.310 e. The molecule has 1 aliphatic rings. The second-order valence-corrected chi connectivity index (χ2v) is 6.60. The molecule has 1 N–H and O–H groups in total. The van der Waals surface area contributed by atoms with Crippen molar-refractivity contribution in [1.29, 1.82) is 0 Å². The first-order valence-electron chi connectivity index (χ1n) is 7.02. The van der Waals surface area contributed by atoms with Crippen LogP contribution in [0.4, 0.5) is 0 Å². The number of rotatable bonds is 4. The van der Waals surface area contributed by atoms with Crippen LogP contribution in [0.1, 0.15) is 41.6 Å². The third-order valence-electron chi connectivity index (χ3n) is 4.08. The highest BCUT2D eigenvalue weighted by Gasteiger charge is 2.27. The lowest BCUT2D eigenvalue weighted by molar-refractivity contribution is 0.400. The number of benzene rings is 1. The normalized spacial score (nSPS) is 21.2. The SMILES string of the molecule is CCNC(c1cc(C)c(C)cc1C)C1CCSC1. The molecule has 1 nitrogen and oxygen atoms in total. The van der Waals surface area contributed by atoms with Crippen LogP contribution < -0.4 is 5.32 Å². The van der Waals surface area contributed by atoms with Crippen molar-refractivity contribution in [3.05, 3.63) is 34.4 Å². The number of thioether (sulfide) groups is 1. The van der Waals surface area contributed by atoms with E-state index in [0.29, 0.717) is 6.04 Å². The number of nitrogens with one attached hydrogen (secondary N) is 1. The van der Waals surface area contributed by atoms with Crippen LogP contribution in [-0.2, 0) is 0 Å². The Morgan fingerprint density at radius 2 is 1.94 bits per heavy atom. The highest BCUT2D eigenvalue weighted by atomic mass is 32.2. The Balaban J connectivity index is 2.32. The Hall–Kier alpha value is -0.470. The molecule has 100 valence electrons. The largest absolute Gasteiger partial charge is 0.310 e. The van der Waals surface area contributed by atoms with E-state index >= 15 is 0 Å². The van der Waals surface area contributed by atoms with E-state index in [1.54, 1.807) is 0 Å². The molecule has 18 heavy (non-hydrogen) atoms. The number of hydrogen-bond acceptors (Lipinski definition) is 2. The lowest BCUT2D eigenvalue weighted by atomic mass is 9.87. The monoisotopic (exact) mass is 263 g/mol. The first kappa shape index (κ1) is 14.0. The first-order valence-corrected chi connectivity index (χ1v) is 8.17. The highest BCUT2D eigenvalue weighted by molar-refractivity contribution is 7.99. The summed E-state index contributed by atoms with van der Waals surface area (Å²) < 4.78 is 0. The molecule has 2 rings (SSSR count). The van der Waals surface area contributed by atoms with Crippen molar-refractivity contribution >= 4 is 11.8 Å². The molecule has 1 aromatic rings. The maximum atomic E-state index is 3.72. The molecular formula is C16H25NS. The Bertz CT molecular complexity index is 408.